The van der Waals surface area contributed by atoms with Crippen molar-refractivity contribution < 1.29 is 4.21 Å². The summed E-state index contributed by atoms with van der Waals surface area (Å²) in [7, 11) is 1.12. The van der Waals surface area contributed by atoms with Crippen molar-refractivity contribution in [3.63, 3.8) is 0 Å². The van der Waals surface area contributed by atoms with Crippen LogP contribution in [0.3, 0.4) is 0 Å². The van der Waals surface area contributed by atoms with Crippen molar-refractivity contribution in [2.75, 3.05) is 5.75 Å². The van der Waals surface area contributed by atoms with Gasteiger partial charge < -0.3 is 0 Å². The number of aryl methyl sites for hydroxylation is 1. The van der Waals surface area contributed by atoms with Crippen molar-refractivity contribution in [1.82, 2.24) is 9.78 Å². The second-order valence-corrected chi connectivity index (χ2v) is 4.10. The highest BCUT2D eigenvalue weighted by atomic mass is 32.2. The second-order valence-electron chi connectivity index (χ2n) is 2.35. The molecule has 0 spiro atoms. The van der Waals surface area contributed by atoms with Gasteiger partial charge in [-0.2, -0.15) is 5.10 Å². The number of hydrogen-bond donors (Lipinski definition) is 0. The Kier molecular flexibility index (Phi) is 2.82. The van der Waals surface area contributed by atoms with Gasteiger partial charge in [0.05, 0.1) is 11.4 Å². The molecular formula is C7H12N2OS. The van der Waals surface area contributed by atoms with E-state index in [4.69, 9.17) is 0 Å². The third-order valence-electron chi connectivity index (χ3n) is 1.40. The maximum Gasteiger partial charge on any atom is 0.0749 e. The molecule has 1 unspecified atom stereocenters. The number of rotatable bonds is 3. The minimum Gasteiger partial charge on any atom is -0.276 e. The molecule has 1 atom stereocenters. The van der Waals surface area contributed by atoms with Gasteiger partial charge in [0, 0.05) is 29.8 Å². The monoisotopic (exact) mass is 172 g/mol. The smallest absolute Gasteiger partial charge is 0.0749 e. The second kappa shape index (κ2) is 3.67. The Morgan fingerprint density at radius 2 is 2.45 bits per heavy atom. The Balaban J connectivity index is 2.57. The lowest BCUT2D eigenvalue weighted by Crippen LogP contribution is -1.99. The minimum atomic E-state index is -0.740. The molecule has 1 aromatic heterocycles. The van der Waals surface area contributed by atoms with Crippen LogP contribution in [-0.2, 0) is 23.6 Å². The van der Waals surface area contributed by atoms with Crippen LogP contribution in [0, 0.1) is 0 Å². The fourth-order valence-electron chi connectivity index (χ4n) is 0.807. The van der Waals surface area contributed by atoms with Gasteiger partial charge in [-0.25, -0.2) is 0 Å². The van der Waals surface area contributed by atoms with E-state index in [0.29, 0.717) is 11.5 Å². The molecule has 0 aliphatic carbocycles. The lowest BCUT2D eigenvalue weighted by atomic mass is 10.5. The molecule has 62 valence electrons. The van der Waals surface area contributed by atoms with Crippen LogP contribution in [-0.4, -0.2) is 19.7 Å². The first-order valence-corrected chi connectivity index (χ1v) is 5.04. The lowest BCUT2D eigenvalue weighted by Gasteiger charge is -1.92. The van der Waals surface area contributed by atoms with E-state index in [1.165, 1.54) is 0 Å². The van der Waals surface area contributed by atoms with Crippen LogP contribution in [0.15, 0.2) is 12.3 Å². The van der Waals surface area contributed by atoms with Crippen LogP contribution in [0.5, 0.6) is 0 Å². The predicted molar refractivity (Wildman–Crippen MR) is 45.6 cm³/mol. The summed E-state index contributed by atoms with van der Waals surface area (Å²) in [5.74, 6) is 1.29. The predicted octanol–water partition coefficient (Wildman–Crippen LogP) is 0.689. The zero-order valence-corrected chi connectivity index (χ0v) is 7.60. The van der Waals surface area contributed by atoms with Crippen LogP contribution < -0.4 is 0 Å². The summed E-state index contributed by atoms with van der Waals surface area (Å²) in [5, 5.41) is 4.12. The van der Waals surface area contributed by atoms with Crippen molar-refractivity contribution in [3.8, 4) is 0 Å². The summed E-state index contributed by atoms with van der Waals surface area (Å²) >= 11 is 0. The van der Waals surface area contributed by atoms with Crippen LogP contribution >= 0.6 is 0 Å². The first kappa shape index (κ1) is 8.46. The molecule has 0 saturated heterocycles. The fourth-order valence-corrected chi connectivity index (χ4v) is 1.50. The lowest BCUT2D eigenvalue weighted by molar-refractivity contribution is 0.681. The molecule has 0 N–H and O–H groups in total. The summed E-state index contributed by atoms with van der Waals surface area (Å²) in [6, 6.07) is 1.90. The van der Waals surface area contributed by atoms with Gasteiger partial charge in [0.25, 0.3) is 0 Å². The Morgan fingerprint density at radius 3 is 2.91 bits per heavy atom. The summed E-state index contributed by atoms with van der Waals surface area (Å²) in [6.45, 7) is 1.92. The summed E-state index contributed by atoms with van der Waals surface area (Å²) in [5.41, 5.74) is 0.910. The molecular weight excluding hydrogens is 160 g/mol. The Labute approximate surface area is 68.9 Å². The van der Waals surface area contributed by atoms with Gasteiger partial charge in [0.1, 0.15) is 0 Å². The van der Waals surface area contributed by atoms with E-state index in [2.05, 4.69) is 5.10 Å². The molecule has 0 aliphatic rings. The number of nitrogens with zero attached hydrogens (tertiary/aromatic N) is 2. The van der Waals surface area contributed by atoms with Gasteiger partial charge in [0.15, 0.2) is 0 Å². The molecule has 0 amide bonds. The van der Waals surface area contributed by atoms with Crippen molar-refractivity contribution >= 4 is 10.8 Å². The molecule has 0 fully saturated rings. The maximum atomic E-state index is 11.1. The minimum absolute atomic E-state index is 0.581. The normalized spacial score (nSPS) is 13.3. The van der Waals surface area contributed by atoms with Crippen molar-refractivity contribution in [3.05, 3.63) is 18.0 Å². The SMILES string of the molecule is CCS(=O)Cc1ccn(C)n1. The van der Waals surface area contributed by atoms with E-state index < -0.39 is 10.8 Å². The van der Waals surface area contributed by atoms with Crippen LogP contribution in [0.4, 0.5) is 0 Å². The first-order valence-electron chi connectivity index (χ1n) is 3.56. The zero-order valence-electron chi connectivity index (χ0n) is 6.78. The van der Waals surface area contributed by atoms with E-state index in [-0.39, 0.29) is 0 Å². The van der Waals surface area contributed by atoms with E-state index in [0.717, 1.165) is 5.69 Å². The zero-order chi connectivity index (χ0) is 8.27. The van der Waals surface area contributed by atoms with E-state index in [9.17, 15) is 4.21 Å². The van der Waals surface area contributed by atoms with E-state index in [1.54, 1.807) is 4.68 Å². The maximum absolute atomic E-state index is 11.1. The molecule has 3 nitrogen and oxygen atoms in total. The third kappa shape index (κ3) is 2.46. The molecule has 0 aliphatic heterocycles. The Hall–Kier alpha value is -0.640. The van der Waals surface area contributed by atoms with E-state index >= 15 is 0 Å². The van der Waals surface area contributed by atoms with Crippen molar-refractivity contribution in [1.29, 1.82) is 0 Å². The largest absolute Gasteiger partial charge is 0.276 e. The third-order valence-corrected chi connectivity index (χ3v) is 2.66. The highest BCUT2D eigenvalue weighted by Gasteiger charge is 2.00. The van der Waals surface area contributed by atoms with Crippen LogP contribution in [0.25, 0.3) is 0 Å². The molecule has 1 rings (SSSR count). The van der Waals surface area contributed by atoms with Crippen LogP contribution in [0.1, 0.15) is 12.6 Å². The molecule has 1 heterocycles. The highest BCUT2D eigenvalue weighted by molar-refractivity contribution is 7.84. The van der Waals surface area contributed by atoms with Gasteiger partial charge >= 0.3 is 0 Å². The Bertz CT molecular complexity index is 257. The number of hydrogen-bond acceptors (Lipinski definition) is 2. The first-order chi connectivity index (χ1) is 5.22. The average molecular weight is 172 g/mol. The standard InChI is InChI=1S/C7H12N2OS/c1-3-11(10)6-7-4-5-9(2)8-7/h4-5H,3,6H2,1-2H3. The topological polar surface area (TPSA) is 34.9 Å². The van der Waals surface area contributed by atoms with Crippen LogP contribution in [0.2, 0.25) is 0 Å². The molecule has 1 aromatic rings. The molecule has 0 saturated carbocycles. The van der Waals surface area contributed by atoms with Gasteiger partial charge in [-0.1, -0.05) is 6.92 Å². The molecule has 0 radical (unpaired) electrons. The van der Waals surface area contributed by atoms with Crippen molar-refractivity contribution in [2.24, 2.45) is 7.05 Å². The molecule has 0 bridgehead atoms. The average Bonchev–Trinajstić information content (AvgIpc) is 2.35. The molecule has 4 heteroatoms. The van der Waals surface area contributed by atoms with E-state index in [1.807, 2.05) is 26.2 Å². The summed E-state index contributed by atoms with van der Waals surface area (Å²) < 4.78 is 12.8. The van der Waals surface area contributed by atoms with Gasteiger partial charge in [-0.15, -0.1) is 0 Å². The van der Waals surface area contributed by atoms with Gasteiger partial charge in [-0.05, 0) is 6.07 Å². The summed E-state index contributed by atoms with van der Waals surface area (Å²) in [6.07, 6.45) is 1.86. The number of aromatic nitrogens is 2. The van der Waals surface area contributed by atoms with Gasteiger partial charge in [0.2, 0.25) is 0 Å². The van der Waals surface area contributed by atoms with Gasteiger partial charge in [-0.3, -0.25) is 8.89 Å². The van der Waals surface area contributed by atoms with Crippen molar-refractivity contribution in [2.45, 2.75) is 12.7 Å². The highest BCUT2D eigenvalue weighted by Crippen LogP contribution is 1.98. The Morgan fingerprint density at radius 1 is 1.73 bits per heavy atom. The summed E-state index contributed by atoms with van der Waals surface area (Å²) in [4.78, 5) is 0. The quantitative estimate of drug-likeness (QED) is 0.672. The fraction of sp³-hybridized carbons (Fsp3) is 0.571. The molecule has 11 heavy (non-hydrogen) atoms. The molecule has 0 aromatic carbocycles.